The number of nitrogens with zero attached hydrogens (tertiary/aromatic N) is 1. The van der Waals surface area contributed by atoms with Crippen molar-refractivity contribution < 1.29 is 4.39 Å². The van der Waals surface area contributed by atoms with E-state index in [1.54, 1.807) is 12.1 Å². The molecule has 20 heavy (non-hydrogen) atoms. The summed E-state index contributed by atoms with van der Waals surface area (Å²) in [7, 11) is 0. The van der Waals surface area contributed by atoms with Crippen molar-refractivity contribution in [1.82, 2.24) is 4.90 Å². The first-order chi connectivity index (χ1) is 9.79. The fraction of sp³-hybridized carbons (Fsp3) is 0.667. The molecule has 2 heteroatoms. The first-order valence-corrected chi connectivity index (χ1v) is 8.25. The van der Waals surface area contributed by atoms with Gasteiger partial charge < -0.3 is 4.90 Å². The third-order valence-corrected chi connectivity index (χ3v) is 4.56. The van der Waals surface area contributed by atoms with Crippen molar-refractivity contribution in [2.45, 2.75) is 51.9 Å². The minimum atomic E-state index is -0.0375. The molecule has 1 aliphatic rings. The predicted octanol–water partition coefficient (Wildman–Crippen LogP) is 4.66. The number of piperidine rings is 1. The molecule has 0 atom stereocenters. The number of hydrogen-bond donors (Lipinski definition) is 0. The van der Waals surface area contributed by atoms with E-state index in [0.29, 0.717) is 0 Å². The van der Waals surface area contributed by atoms with Crippen molar-refractivity contribution in [3.05, 3.63) is 35.6 Å². The highest BCUT2D eigenvalue weighted by molar-refractivity contribution is 5.17. The van der Waals surface area contributed by atoms with Gasteiger partial charge in [0.2, 0.25) is 0 Å². The Morgan fingerprint density at radius 1 is 1.15 bits per heavy atom. The van der Waals surface area contributed by atoms with Crippen LogP contribution < -0.4 is 0 Å². The monoisotopic (exact) mass is 277 g/mol. The third-order valence-electron chi connectivity index (χ3n) is 4.56. The molecule has 0 aromatic heterocycles. The highest BCUT2D eigenvalue weighted by atomic mass is 19.1. The van der Waals surface area contributed by atoms with E-state index in [9.17, 15) is 4.39 Å². The van der Waals surface area contributed by atoms with E-state index < -0.39 is 0 Å². The van der Waals surface area contributed by atoms with Crippen LogP contribution in [-0.2, 0) is 6.42 Å². The van der Waals surface area contributed by atoms with Crippen molar-refractivity contribution in [1.29, 1.82) is 0 Å². The minimum absolute atomic E-state index is 0.0375. The highest BCUT2D eigenvalue weighted by Crippen LogP contribution is 2.23. The SMILES string of the molecule is CCCCCN1CCC(CCc2ccccc2F)CC1. The standard InChI is InChI=1S/C18H28FN/c1-2-3-6-13-20-14-11-16(12-15-20)9-10-17-7-4-5-8-18(17)19/h4-5,7-8,16H,2-3,6,9-15H2,1H3. The number of likely N-dealkylation sites (tertiary alicyclic amines) is 1. The molecule has 1 fully saturated rings. The van der Waals surface area contributed by atoms with E-state index >= 15 is 0 Å². The zero-order valence-corrected chi connectivity index (χ0v) is 12.8. The van der Waals surface area contributed by atoms with Gasteiger partial charge in [0.15, 0.2) is 0 Å². The molecule has 112 valence electrons. The number of aryl methyl sites for hydroxylation is 1. The lowest BCUT2D eigenvalue weighted by atomic mass is 9.90. The molecule has 1 heterocycles. The number of benzene rings is 1. The molecule has 2 rings (SSSR count). The van der Waals surface area contributed by atoms with Crippen molar-refractivity contribution in [3.63, 3.8) is 0 Å². The minimum Gasteiger partial charge on any atom is -0.303 e. The van der Waals surface area contributed by atoms with E-state index in [1.165, 1.54) is 51.7 Å². The molecule has 0 spiro atoms. The zero-order valence-electron chi connectivity index (χ0n) is 12.8. The molecule has 1 aromatic rings. The Bertz CT molecular complexity index is 383. The van der Waals surface area contributed by atoms with Gasteiger partial charge in [-0.2, -0.15) is 0 Å². The molecule has 1 saturated heterocycles. The maximum Gasteiger partial charge on any atom is 0.126 e. The molecular weight excluding hydrogens is 249 g/mol. The van der Waals surface area contributed by atoms with Crippen molar-refractivity contribution in [2.75, 3.05) is 19.6 Å². The Labute approximate surface area is 123 Å². The number of unbranched alkanes of at least 4 members (excludes halogenated alkanes) is 2. The number of rotatable bonds is 7. The molecule has 1 aromatic carbocycles. The summed E-state index contributed by atoms with van der Waals surface area (Å²) in [6, 6.07) is 7.21. The van der Waals surface area contributed by atoms with Crippen LogP contribution in [0.25, 0.3) is 0 Å². The summed E-state index contributed by atoms with van der Waals surface area (Å²) in [4.78, 5) is 2.61. The summed E-state index contributed by atoms with van der Waals surface area (Å²) in [6.45, 7) is 6.01. The summed E-state index contributed by atoms with van der Waals surface area (Å²) < 4.78 is 13.6. The number of halogens is 1. The van der Waals surface area contributed by atoms with Gasteiger partial charge in [-0.15, -0.1) is 0 Å². The van der Waals surface area contributed by atoms with E-state index in [-0.39, 0.29) is 5.82 Å². The zero-order chi connectivity index (χ0) is 14.2. The van der Waals surface area contributed by atoms with Gasteiger partial charge in [-0.25, -0.2) is 4.39 Å². The van der Waals surface area contributed by atoms with Gasteiger partial charge in [0, 0.05) is 0 Å². The van der Waals surface area contributed by atoms with E-state index in [0.717, 1.165) is 24.3 Å². The normalized spacial score (nSPS) is 17.5. The molecule has 0 unspecified atom stereocenters. The fourth-order valence-electron chi connectivity index (χ4n) is 3.14. The maximum absolute atomic E-state index is 13.6. The lowest BCUT2D eigenvalue weighted by Gasteiger charge is -2.32. The van der Waals surface area contributed by atoms with Gasteiger partial charge in [-0.3, -0.25) is 0 Å². The van der Waals surface area contributed by atoms with Gasteiger partial charge in [0.25, 0.3) is 0 Å². The predicted molar refractivity (Wildman–Crippen MR) is 83.4 cm³/mol. The molecule has 0 radical (unpaired) electrons. The third kappa shape index (κ3) is 4.90. The molecule has 1 nitrogen and oxygen atoms in total. The quantitative estimate of drug-likeness (QED) is 0.655. The second-order valence-electron chi connectivity index (χ2n) is 6.12. The smallest absolute Gasteiger partial charge is 0.126 e. The first kappa shape index (κ1) is 15.5. The lowest BCUT2D eigenvalue weighted by molar-refractivity contribution is 0.176. The van der Waals surface area contributed by atoms with Crippen molar-refractivity contribution in [2.24, 2.45) is 5.92 Å². The van der Waals surface area contributed by atoms with Crippen molar-refractivity contribution in [3.8, 4) is 0 Å². The van der Waals surface area contributed by atoms with Gasteiger partial charge in [0.1, 0.15) is 5.82 Å². The Morgan fingerprint density at radius 2 is 1.90 bits per heavy atom. The van der Waals surface area contributed by atoms with Gasteiger partial charge >= 0.3 is 0 Å². The summed E-state index contributed by atoms with van der Waals surface area (Å²) in [6.07, 6.45) is 8.63. The van der Waals surface area contributed by atoms with Crippen LogP contribution in [-0.4, -0.2) is 24.5 Å². The van der Waals surface area contributed by atoms with Crippen LogP contribution in [0.5, 0.6) is 0 Å². The van der Waals surface area contributed by atoms with Crippen LogP contribution >= 0.6 is 0 Å². The summed E-state index contributed by atoms with van der Waals surface area (Å²) in [5.41, 5.74) is 0.887. The summed E-state index contributed by atoms with van der Waals surface area (Å²) >= 11 is 0. The molecule has 1 aliphatic heterocycles. The van der Waals surface area contributed by atoms with Crippen LogP contribution in [0.15, 0.2) is 24.3 Å². The van der Waals surface area contributed by atoms with Gasteiger partial charge in [-0.05, 0) is 69.3 Å². The number of hydrogen-bond acceptors (Lipinski definition) is 1. The van der Waals surface area contributed by atoms with Crippen LogP contribution in [0.1, 0.15) is 51.0 Å². The molecular formula is C18H28FN. The molecule has 0 N–H and O–H groups in total. The van der Waals surface area contributed by atoms with Crippen molar-refractivity contribution >= 4 is 0 Å². The highest BCUT2D eigenvalue weighted by Gasteiger charge is 2.18. The average molecular weight is 277 g/mol. The Balaban J connectivity index is 1.66. The maximum atomic E-state index is 13.6. The van der Waals surface area contributed by atoms with Gasteiger partial charge in [0.05, 0.1) is 0 Å². The van der Waals surface area contributed by atoms with E-state index in [1.807, 2.05) is 12.1 Å². The second-order valence-corrected chi connectivity index (χ2v) is 6.12. The van der Waals surface area contributed by atoms with Crippen LogP contribution in [0.2, 0.25) is 0 Å². The molecule has 0 aliphatic carbocycles. The first-order valence-electron chi connectivity index (χ1n) is 8.25. The fourth-order valence-corrected chi connectivity index (χ4v) is 3.14. The van der Waals surface area contributed by atoms with Crippen LogP contribution in [0, 0.1) is 11.7 Å². The molecule has 0 amide bonds. The lowest BCUT2D eigenvalue weighted by Crippen LogP contribution is -2.34. The van der Waals surface area contributed by atoms with E-state index in [2.05, 4.69) is 11.8 Å². The topological polar surface area (TPSA) is 3.24 Å². The van der Waals surface area contributed by atoms with Gasteiger partial charge in [-0.1, -0.05) is 38.0 Å². The molecule has 0 saturated carbocycles. The largest absolute Gasteiger partial charge is 0.303 e. The molecule has 0 bridgehead atoms. The Hall–Kier alpha value is -0.890. The van der Waals surface area contributed by atoms with Crippen LogP contribution in [0.4, 0.5) is 4.39 Å². The average Bonchev–Trinajstić information content (AvgIpc) is 2.48. The second kappa shape index (κ2) is 8.41. The summed E-state index contributed by atoms with van der Waals surface area (Å²) in [5.74, 6) is 0.751. The Kier molecular flexibility index (Phi) is 6.52. The Morgan fingerprint density at radius 3 is 2.60 bits per heavy atom. The van der Waals surface area contributed by atoms with E-state index in [4.69, 9.17) is 0 Å². The summed E-state index contributed by atoms with van der Waals surface area (Å²) in [5, 5.41) is 0. The van der Waals surface area contributed by atoms with Crippen LogP contribution in [0.3, 0.4) is 0 Å².